The van der Waals surface area contributed by atoms with E-state index in [1.807, 2.05) is 39.8 Å². The first-order valence-electron chi connectivity index (χ1n) is 22.7. The largest absolute Gasteiger partial charge is 0.491 e. The number of hydrogen-bond donors (Lipinski definition) is 4. The fourth-order valence-electron chi connectivity index (χ4n) is 7.42. The van der Waals surface area contributed by atoms with Gasteiger partial charge in [0.15, 0.2) is 8.32 Å². The van der Waals surface area contributed by atoms with Crippen molar-refractivity contribution >= 4 is 65.9 Å². The molecule has 20 heteroatoms. The second-order valence-electron chi connectivity index (χ2n) is 18.4. The minimum absolute atomic E-state index is 0.0454. The fourth-order valence-corrected chi connectivity index (χ4v) is 8.51. The highest BCUT2D eigenvalue weighted by molar-refractivity contribution is 6.74. The van der Waals surface area contributed by atoms with Crippen molar-refractivity contribution < 1.29 is 33.1 Å². The number of ether oxygens (including phenoxy) is 2. The summed E-state index contributed by atoms with van der Waals surface area (Å²) < 4.78 is 26.0. The Morgan fingerprint density at radius 1 is 0.731 bits per heavy atom. The van der Waals surface area contributed by atoms with Crippen molar-refractivity contribution in [2.24, 2.45) is 17.4 Å². The molecule has 19 nitrogen and oxygen atoms in total. The molecule has 2 aromatic carbocycles. The summed E-state index contributed by atoms with van der Waals surface area (Å²) in [6, 6.07) is 9.76. The predicted octanol–water partition coefficient (Wildman–Crippen LogP) is 6.97. The number of amides is 4. The number of rotatable bonds is 21. The van der Waals surface area contributed by atoms with E-state index in [0.717, 1.165) is 12.8 Å². The number of carbonyl (C=O) groups is 4. The van der Waals surface area contributed by atoms with Gasteiger partial charge in [0.2, 0.25) is 23.7 Å². The molecule has 4 amide bonds. The summed E-state index contributed by atoms with van der Waals surface area (Å²) in [7, 11) is -2.00. The van der Waals surface area contributed by atoms with Gasteiger partial charge in [0.25, 0.3) is 11.8 Å². The monoisotopic (exact) mass is 934 g/mol. The highest BCUT2D eigenvalue weighted by Gasteiger charge is 2.37. The van der Waals surface area contributed by atoms with Crippen molar-refractivity contribution in [3.05, 3.63) is 82.5 Å². The van der Waals surface area contributed by atoms with Gasteiger partial charge in [-0.25, -0.2) is 9.97 Å². The van der Waals surface area contributed by atoms with E-state index < -0.39 is 31.9 Å². The van der Waals surface area contributed by atoms with Gasteiger partial charge in [0.05, 0.1) is 35.6 Å². The molecule has 67 heavy (non-hydrogen) atoms. The molecule has 0 saturated heterocycles. The van der Waals surface area contributed by atoms with Crippen molar-refractivity contribution in [2.45, 2.75) is 112 Å². The highest BCUT2D eigenvalue weighted by Crippen LogP contribution is 2.38. The Hall–Kier alpha value is -6.80. The van der Waals surface area contributed by atoms with E-state index in [4.69, 9.17) is 35.3 Å². The number of primary amides is 2. The molecule has 0 aliphatic heterocycles. The lowest BCUT2D eigenvalue weighted by Crippen LogP contribution is -2.41. The van der Waals surface area contributed by atoms with Gasteiger partial charge in [-0.2, -0.15) is 10.2 Å². The lowest BCUT2D eigenvalue weighted by atomic mass is 10.1. The maximum Gasteiger partial charge on any atom is 0.276 e. The van der Waals surface area contributed by atoms with Crippen LogP contribution < -0.4 is 31.6 Å². The van der Waals surface area contributed by atoms with Crippen LogP contribution in [0.3, 0.4) is 0 Å². The van der Waals surface area contributed by atoms with Crippen LogP contribution in [0.25, 0.3) is 22.1 Å². The minimum Gasteiger partial charge on any atom is -0.491 e. The van der Waals surface area contributed by atoms with Crippen LogP contribution in [0, 0.1) is 19.8 Å². The summed E-state index contributed by atoms with van der Waals surface area (Å²) in [5.41, 5.74) is 15.9. The Labute approximate surface area is 390 Å². The Bertz CT molecular complexity index is 2880. The van der Waals surface area contributed by atoms with Crippen LogP contribution in [0.15, 0.2) is 48.6 Å². The third kappa shape index (κ3) is 10.8. The molecule has 6 N–H and O–H groups in total. The molecule has 7 rings (SSSR count). The Balaban J connectivity index is 1.26. The van der Waals surface area contributed by atoms with Gasteiger partial charge in [-0.05, 0) is 101 Å². The van der Waals surface area contributed by atoms with Gasteiger partial charge < -0.3 is 34.5 Å². The molecular weight excluding hydrogens is 873 g/mol. The number of benzene rings is 2. The van der Waals surface area contributed by atoms with E-state index in [-0.39, 0.29) is 47.8 Å². The fraction of sp³-hybridized carbons (Fsp3) is 0.447. The summed E-state index contributed by atoms with van der Waals surface area (Å²) in [6.07, 6.45) is 6.43. The van der Waals surface area contributed by atoms with Gasteiger partial charge in [-0.15, -0.1) is 0 Å². The number of nitrogens with one attached hydrogen (secondary N) is 2. The molecule has 1 fully saturated rings. The quantitative estimate of drug-likeness (QED) is 0.0326. The lowest BCUT2D eigenvalue weighted by molar-refractivity contribution is 0.0991. The summed E-state index contributed by atoms with van der Waals surface area (Å²) in [5.74, 6) is -0.598. The molecule has 1 aliphatic rings. The molecule has 0 bridgehead atoms. The summed E-state index contributed by atoms with van der Waals surface area (Å²) in [6.45, 7) is 20.9. The highest BCUT2D eigenvalue weighted by atomic mass is 28.4. The van der Waals surface area contributed by atoms with Crippen LogP contribution in [-0.2, 0) is 30.6 Å². The van der Waals surface area contributed by atoms with Gasteiger partial charge >= 0.3 is 0 Å². The van der Waals surface area contributed by atoms with Gasteiger partial charge in [0, 0.05) is 50.3 Å². The zero-order valence-electron chi connectivity index (χ0n) is 39.9. The predicted molar refractivity (Wildman–Crippen MR) is 258 cm³/mol. The van der Waals surface area contributed by atoms with Crippen molar-refractivity contribution in [3.63, 3.8) is 0 Å². The standard InChI is InChI=1S/C47H62N12O7Si/c1-10-58-35(21-28(3)54-58)43(62)52-45-50-33-23-31(41(48)60)25-37(64-19-14-20-66-67(8,9)47(5,6)7)39(33)56(45)17-12-13-18-57-40-34(24-32(42(49)61)26-38(40)65-27-30-15-16-30)51-46(57)53-44(63)36-22-29(4)55-59(36)11-2/h12-13,21-26,30H,10-11,14-20,27H2,1-9H3,(H2,48,60)(H2,49,61)(H,50,52,62)(H,51,53,63)/b13-12+. The number of imidazole rings is 2. The molecule has 0 spiro atoms. The first-order valence-corrected chi connectivity index (χ1v) is 25.6. The number of carbonyl (C=O) groups excluding carboxylic acids is 4. The second kappa shape index (κ2) is 19.6. The Kier molecular flexibility index (Phi) is 14.1. The molecule has 0 unspecified atom stereocenters. The molecular formula is C47H62N12O7Si. The van der Waals surface area contributed by atoms with Crippen molar-refractivity contribution in [1.29, 1.82) is 0 Å². The average molecular weight is 935 g/mol. The van der Waals surface area contributed by atoms with Crippen LogP contribution >= 0.6 is 0 Å². The smallest absolute Gasteiger partial charge is 0.276 e. The molecule has 0 radical (unpaired) electrons. The number of allylic oxidation sites excluding steroid dienone is 2. The Morgan fingerprint density at radius 2 is 1.19 bits per heavy atom. The molecule has 1 aliphatic carbocycles. The number of hydrogen-bond acceptors (Lipinski definition) is 11. The average Bonchev–Trinajstić information content (AvgIpc) is 3.54. The SMILES string of the molecule is CCn1nc(C)cc1C(=O)Nc1nc2cc(C(N)=O)cc(OCCCO[Si](C)(C)C(C)(C)C)c2n1C/C=C/Cn1c(NC(=O)c2cc(C)nn2CC)nc2cc(C(N)=O)cc(OCC3CC3)c21. The van der Waals surface area contributed by atoms with E-state index in [0.29, 0.717) is 95.0 Å². The topological polar surface area (TPSA) is 243 Å². The third-order valence-electron chi connectivity index (χ3n) is 12.2. The minimum atomic E-state index is -2.00. The maximum absolute atomic E-state index is 13.9. The van der Waals surface area contributed by atoms with Crippen LogP contribution in [0.4, 0.5) is 11.9 Å². The molecule has 356 valence electrons. The van der Waals surface area contributed by atoms with Crippen LogP contribution in [0.5, 0.6) is 11.5 Å². The number of nitrogens with zero attached hydrogens (tertiary/aromatic N) is 8. The summed E-state index contributed by atoms with van der Waals surface area (Å²) in [4.78, 5) is 62.5. The van der Waals surface area contributed by atoms with E-state index in [1.165, 1.54) is 0 Å². The van der Waals surface area contributed by atoms with E-state index in [9.17, 15) is 19.2 Å². The number of aromatic nitrogens is 8. The van der Waals surface area contributed by atoms with Crippen LogP contribution in [0.2, 0.25) is 18.1 Å². The molecule has 4 heterocycles. The number of nitrogens with two attached hydrogens (primary N) is 2. The van der Waals surface area contributed by atoms with Crippen molar-refractivity contribution in [2.75, 3.05) is 30.5 Å². The number of aryl methyl sites for hydroxylation is 4. The van der Waals surface area contributed by atoms with E-state index >= 15 is 0 Å². The zero-order chi connectivity index (χ0) is 48.4. The van der Waals surface area contributed by atoms with Crippen molar-refractivity contribution in [3.8, 4) is 11.5 Å². The zero-order valence-corrected chi connectivity index (χ0v) is 40.9. The van der Waals surface area contributed by atoms with Crippen LogP contribution in [0.1, 0.15) is 107 Å². The van der Waals surface area contributed by atoms with E-state index in [1.54, 1.807) is 54.9 Å². The van der Waals surface area contributed by atoms with E-state index in [2.05, 4.69) is 54.7 Å². The van der Waals surface area contributed by atoms with Gasteiger partial charge in [-0.1, -0.05) is 32.9 Å². The van der Waals surface area contributed by atoms with Gasteiger partial charge in [-0.3, -0.25) is 39.2 Å². The molecule has 1 saturated carbocycles. The Morgan fingerprint density at radius 3 is 1.61 bits per heavy atom. The molecule has 4 aromatic heterocycles. The first kappa shape index (κ1) is 48.1. The normalized spacial score (nSPS) is 13.2. The summed E-state index contributed by atoms with van der Waals surface area (Å²) in [5, 5.41) is 14.9. The van der Waals surface area contributed by atoms with Crippen molar-refractivity contribution in [1.82, 2.24) is 38.7 Å². The first-order chi connectivity index (χ1) is 31.8. The third-order valence-corrected chi connectivity index (χ3v) is 16.8. The van der Waals surface area contributed by atoms with Gasteiger partial charge in [0.1, 0.15) is 33.9 Å². The second-order valence-corrected chi connectivity index (χ2v) is 23.2. The lowest BCUT2D eigenvalue weighted by Gasteiger charge is -2.36. The molecule has 6 aromatic rings. The number of anilines is 2. The van der Waals surface area contributed by atoms with Crippen LogP contribution in [-0.4, -0.2) is 90.4 Å². The molecule has 0 atom stereocenters. The maximum atomic E-state index is 13.9. The summed E-state index contributed by atoms with van der Waals surface area (Å²) >= 11 is 0. The number of fused-ring (bicyclic) bond motifs is 2.